The van der Waals surface area contributed by atoms with Crippen molar-refractivity contribution in [3.8, 4) is 5.75 Å². The number of nitrogens with zero attached hydrogens (tertiary/aromatic N) is 2. The molecular weight excluding hydrogens is 478 g/mol. The molecule has 0 saturated heterocycles. The highest BCUT2D eigenvalue weighted by molar-refractivity contribution is 7.92. The first-order valence-electron chi connectivity index (χ1n) is 12.4. The summed E-state index contributed by atoms with van der Waals surface area (Å²) in [5.74, 6) is -0.0769. The summed E-state index contributed by atoms with van der Waals surface area (Å²) in [6.07, 6.45) is 3.25. The summed E-state index contributed by atoms with van der Waals surface area (Å²) in [5.41, 5.74) is 2.24. The molecule has 36 heavy (non-hydrogen) atoms. The van der Waals surface area contributed by atoms with Crippen LogP contribution in [0.15, 0.2) is 48.5 Å². The normalized spacial score (nSPS) is 12.0. The quantitative estimate of drug-likeness (QED) is 0.384. The number of amides is 2. The number of aryl methyl sites for hydroxylation is 1. The number of anilines is 1. The second-order valence-corrected chi connectivity index (χ2v) is 10.6. The Morgan fingerprint density at radius 3 is 2.25 bits per heavy atom. The van der Waals surface area contributed by atoms with E-state index in [4.69, 9.17) is 4.74 Å². The van der Waals surface area contributed by atoms with E-state index in [-0.39, 0.29) is 12.5 Å². The lowest BCUT2D eigenvalue weighted by Crippen LogP contribution is -2.52. The number of rotatable bonds is 14. The van der Waals surface area contributed by atoms with Crippen molar-refractivity contribution < 1.29 is 22.7 Å². The van der Waals surface area contributed by atoms with E-state index in [0.29, 0.717) is 31.0 Å². The van der Waals surface area contributed by atoms with Gasteiger partial charge in [-0.2, -0.15) is 0 Å². The van der Waals surface area contributed by atoms with Gasteiger partial charge in [-0.05, 0) is 62.1 Å². The fourth-order valence-electron chi connectivity index (χ4n) is 3.89. The summed E-state index contributed by atoms with van der Waals surface area (Å²) in [6, 6.07) is 13.5. The summed E-state index contributed by atoms with van der Waals surface area (Å²) in [4.78, 5) is 28.3. The minimum atomic E-state index is -3.78. The Morgan fingerprint density at radius 2 is 1.69 bits per heavy atom. The third-order valence-electron chi connectivity index (χ3n) is 5.93. The lowest BCUT2D eigenvalue weighted by atomic mass is 10.1. The van der Waals surface area contributed by atoms with Crippen LogP contribution in [0.4, 0.5) is 5.69 Å². The third kappa shape index (κ3) is 8.26. The molecule has 2 amide bonds. The number of nitrogens with one attached hydrogen (secondary N) is 1. The van der Waals surface area contributed by atoms with Gasteiger partial charge >= 0.3 is 0 Å². The van der Waals surface area contributed by atoms with E-state index >= 15 is 0 Å². The molecule has 9 heteroatoms. The molecule has 0 aliphatic carbocycles. The molecule has 2 aromatic rings. The Labute approximate surface area is 215 Å². The van der Waals surface area contributed by atoms with E-state index < -0.39 is 28.5 Å². The van der Waals surface area contributed by atoms with Gasteiger partial charge in [-0.25, -0.2) is 8.42 Å². The van der Waals surface area contributed by atoms with Gasteiger partial charge in [-0.3, -0.25) is 13.9 Å². The largest absolute Gasteiger partial charge is 0.494 e. The van der Waals surface area contributed by atoms with Gasteiger partial charge in [-0.1, -0.05) is 44.5 Å². The monoisotopic (exact) mass is 517 g/mol. The molecular formula is C27H39N3O5S. The van der Waals surface area contributed by atoms with Gasteiger partial charge in [0.2, 0.25) is 21.8 Å². The molecule has 2 aromatic carbocycles. The number of benzene rings is 2. The maximum atomic E-state index is 13.7. The summed E-state index contributed by atoms with van der Waals surface area (Å²) in [5, 5.41) is 2.93. The van der Waals surface area contributed by atoms with Crippen LogP contribution >= 0.6 is 0 Å². The molecule has 198 valence electrons. The molecule has 0 aliphatic rings. The minimum Gasteiger partial charge on any atom is -0.494 e. The molecule has 1 N–H and O–H groups in total. The van der Waals surface area contributed by atoms with E-state index in [1.54, 1.807) is 24.3 Å². The van der Waals surface area contributed by atoms with Crippen LogP contribution in [0, 0.1) is 6.92 Å². The molecule has 0 radical (unpaired) electrons. The van der Waals surface area contributed by atoms with E-state index in [1.807, 2.05) is 52.0 Å². The molecule has 1 atom stereocenters. The molecule has 2 rings (SSSR count). The fraction of sp³-hybridized carbons (Fsp3) is 0.481. The van der Waals surface area contributed by atoms with Crippen molar-refractivity contribution >= 4 is 27.5 Å². The molecule has 0 saturated carbocycles. The van der Waals surface area contributed by atoms with Crippen LogP contribution in [0.1, 0.15) is 51.2 Å². The third-order valence-corrected chi connectivity index (χ3v) is 7.07. The molecule has 0 unspecified atom stereocenters. The summed E-state index contributed by atoms with van der Waals surface area (Å²) in [7, 11) is -3.78. The van der Waals surface area contributed by atoms with Crippen LogP contribution < -0.4 is 14.4 Å². The number of carbonyl (C=O) groups is 2. The Balaban J connectivity index is 2.39. The van der Waals surface area contributed by atoms with E-state index in [2.05, 4.69) is 5.32 Å². The van der Waals surface area contributed by atoms with Crippen LogP contribution in [0.2, 0.25) is 0 Å². The summed E-state index contributed by atoms with van der Waals surface area (Å²) >= 11 is 0. The number of hydrogen-bond donors (Lipinski definition) is 1. The van der Waals surface area contributed by atoms with Gasteiger partial charge in [0.1, 0.15) is 18.3 Å². The van der Waals surface area contributed by atoms with Crippen LogP contribution in [0.3, 0.4) is 0 Å². The first-order chi connectivity index (χ1) is 17.1. The average molecular weight is 518 g/mol. The molecule has 0 spiro atoms. The Morgan fingerprint density at radius 1 is 1.03 bits per heavy atom. The topological polar surface area (TPSA) is 96.0 Å². The Hall–Kier alpha value is -3.07. The predicted octanol–water partition coefficient (Wildman–Crippen LogP) is 3.88. The van der Waals surface area contributed by atoms with Gasteiger partial charge in [-0.15, -0.1) is 0 Å². The van der Waals surface area contributed by atoms with E-state index in [9.17, 15) is 18.0 Å². The minimum absolute atomic E-state index is 0.200. The van der Waals surface area contributed by atoms with Crippen LogP contribution in [-0.4, -0.2) is 57.1 Å². The highest BCUT2D eigenvalue weighted by Gasteiger charge is 2.31. The lowest BCUT2D eigenvalue weighted by Gasteiger charge is -2.33. The first-order valence-corrected chi connectivity index (χ1v) is 14.3. The van der Waals surface area contributed by atoms with Gasteiger partial charge in [0.15, 0.2) is 0 Å². The number of hydrogen-bond acceptors (Lipinski definition) is 5. The second kappa shape index (κ2) is 13.9. The van der Waals surface area contributed by atoms with Crippen molar-refractivity contribution in [3.63, 3.8) is 0 Å². The van der Waals surface area contributed by atoms with Gasteiger partial charge in [0, 0.05) is 13.1 Å². The zero-order valence-corrected chi connectivity index (χ0v) is 22.8. The maximum Gasteiger partial charge on any atom is 0.244 e. The van der Waals surface area contributed by atoms with Crippen LogP contribution in [-0.2, 0) is 26.2 Å². The molecule has 0 aliphatic heterocycles. The molecule has 0 bridgehead atoms. The number of sulfonamides is 1. The standard InChI is InChI=1S/C27H39N3O5S/c1-6-9-18-28-27(32)25(7-2)29(19-22-13-11-10-12-21(22)4)26(31)20-30(36(5,33)34)23-14-16-24(17-15-23)35-8-3/h10-17,25H,6-9,18-20H2,1-5H3,(H,28,32)/t25-/m0/s1. The van der Waals surface area contributed by atoms with Crippen molar-refractivity contribution in [2.75, 3.05) is 30.3 Å². The zero-order valence-electron chi connectivity index (χ0n) is 22.0. The van der Waals surface area contributed by atoms with Crippen molar-refractivity contribution in [2.24, 2.45) is 0 Å². The first kappa shape index (κ1) is 29.2. The van der Waals surface area contributed by atoms with Gasteiger partial charge < -0.3 is 15.0 Å². The van der Waals surface area contributed by atoms with E-state index in [1.165, 1.54) is 4.90 Å². The van der Waals surface area contributed by atoms with Crippen molar-refractivity contribution in [1.82, 2.24) is 10.2 Å². The SMILES string of the molecule is CCCCNC(=O)[C@H](CC)N(Cc1ccccc1C)C(=O)CN(c1ccc(OCC)cc1)S(C)(=O)=O. The summed E-state index contributed by atoms with van der Waals surface area (Å²) in [6.45, 7) is 8.49. The smallest absolute Gasteiger partial charge is 0.244 e. The number of ether oxygens (including phenoxy) is 1. The zero-order chi connectivity index (χ0) is 26.7. The maximum absolute atomic E-state index is 13.7. The van der Waals surface area contributed by atoms with Crippen LogP contribution in [0.5, 0.6) is 5.75 Å². The summed E-state index contributed by atoms with van der Waals surface area (Å²) < 4.78 is 31.9. The fourth-order valence-corrected chi connectivity index (χ4v) is 4.74. The number of carbonyl (C=O) groups excluding carboxylic acids is 2. The Kier molecular flexibility index (Phi) is 11.2. The van der Waals surface area contributed by atoms with E-state index in [0.717, 1.165) is 34.5 Å². The predicted molar refractivity (Wildman–Crippen MR) is 144 cm³/mol. The highest BCUT2D eigenvalue weighted by Crippen LogP contribution is 2.23. The van der Waals surface area contributed by atoms with Crippen molar-refractivity contribution in [1.29, 1.82) is 0 Å². The molecule has 0 heterocycles. The molecule has 0 aromatic heterocycles. The molecule has 8 nitrogen and oxygen atoms in total. The van der Waals surface area contributed by atoms with Crippen molar-refractivity contribution in [2.45, 2.75) is 59.5 Å². The van der Waals surface area contributed by atoms with Crippen molar-refractivity contribution in [3.05, 3.63) is 59.7 Å². The van der Waals surface area contributed by atoms with Gasteiger partial charge in [0.25, 0.3) is 0 Å². The lowest BCUT2D eigenvalue weighted by molar-refractivity contribution is -0.140. The van der Waals surface area contributed by atoms with Gasteiger partial charge in [0.05, 0.1) is 18.6 Å². The Bertz CT molecular complexity index is 1100. The average Bonchev–Trinajstić information content (AvgIpc) is 2.83. The van der Waals surface area contributed by atoms with Crippen LogP contribution in [0.25, 0.3) is 0 Å². The molecule has 0 fully saturated rings. The second-order valence-electron chi connectivity index (χ2n) is 8.71. The highest BCUT2D eigenvalue weighted by atomic mass is 32.2. The number of unbranched alkanes of at least 4 members (excludes halogenated alkanes) is 1.